The number of rotatable bonds is 5. The molecule has 2 unspecified atom stereocenters. The summed E-state index contributed by atoms with van der Waals surface area (Å²) < 4.78 is 13.0. The van der Waals surface area contributed by atoms with Gasteiger partial charge < -0.3 is 15.5 Å². The maximum Gasteiger partial charge on any atom is 0.237 e. The number of piperidine rings is 1. The Morgan fingerprint density at radius 1 is 1.30 bits per heavy atom. The van der Waals surface area contributed by atoms with Crippen molar-refractivity contribution in [2.75, 3.05) is 27.2 Å². The topological polar surface area (TPSA) is 44.4 Å². The number of nitrogens with zero attached hydrogens (tertiary/aromatic N) is 1. The molecule has 1 amide bonds. The molecular formula is C16H26Cl2FN3O. The number of hydrogen-bond donors (Lipinski definition) is 2. The van der Waals surface area contributed by atoms with E-state index in [0.717, 1.165) is 31.4 Å². The lowest BCUT2D eigenvalue weighted by Gasteiger charge is -2.27. The van der Waals surface area contributed by atoms with Crippen molar-refractivity contribution in [2.45, 2.75) is 31.3 Å². The van der Waals surface area contributed by atoms with E-state index < -0.39 is 0 Å². The van der Waals surface area contributed by atoms with Crippen LogP contribution >= 0.6 is 24.8 Å². The fourth-order valence-electron chi connectivity index (χ4n) is 2.68. The molecular weight excluding hydrogens is 340 g/mol. The van der Waals surface area contributed by atoms with E-state index in [1.807, 2.05) is 19.0 Å². The second-order valence-electron chi connectivity index (χ2n) is 5.78. The Balaban J connectivity index is 0.00000242. The summed E-state index contributed by atoms with van der Waals surface area (Å²) in [7, 11) is 3.91. The molecule has 1 aliphatic rings. The van der Waals surface area contributed by atoms with Crippen LogP contribution < -0.4 is 10.6 Å². The third kappa shape index (κ3) is 6.63. The molecule has 23 heavy (non-hydrogen) atoms. The van der Waals surface area contributed by atoms with Crippen LogP contribution in [0.3, 0.4) is 0 Å². The molecule has 1 aliphatic heterocycles. The predicted molar refractivity (Wildman–Crippen MR) is 96.0 cm³/mol. The van der Waals surface area contributed by atoms with Crippen molar-refractivity contribution in [1.29, 1.82) is 0 Å². The number of halogens is 3. The Labute approximate surface area is 150 Å². The van der Waals surface area contributed by atoms with Gasteiger partial charge in [0.25, 0.3) is 0 Å². The van der Waals surface area contributed by atoms with Crippen molar-refractivity contribution in [1.82, 2.24) is 15.5 Å². The summed E-state index contributed by atoms with van der Waals surface area (Å²) in [5.74, 6) is -0.185. The summed E-state index contributed by atoms with van der Waals surface area (Å²) in [5, 5.41) is 6.25. The highest BCUT2D eigenvalue weighted by Gasteiger charge is 2.22. The van der Waals surface area contributed by atoms with Crippen LogP contribution in [0.5, 0.6) is 0 Å². The maximum absolute atomic E-state index is 13.0. The summed E-state index contributed by atoms with van der Waals surface area (Å²) in [6.07, 6.45) is 3.13. The summed E-state index contributed by atoms with van der Waals surface area (Å²) >= 11 is 0. The molecule has 1 aromatic carbocycles. The number of likely N-dealkylation sites (N-methyl/N-ethyl adjacent to an activating group) is 1. The molecule has 0 spiro atoms. The van der Waals surface area contributed by atoms with E-state index in [9.17, 15) is 9.18 Å². The van der Waals surface area contributed by atoms with E-state index >= 15 is 0 Å². The number of carbonyl (C=O) groups is 1. The normalized spacial score (nSPS) is 18.5. The van der Waals surface area contributed by atoms with Gasteiger partial charge in [0.15, 0.2) is 0 Å². The molecule has 132 valence electrons. The van der Waals surface area contributed by atoms with E-state index in [4.69, 9.17) is 0 Å². The standard InChI is InChI=1S/C16H24FN3O.2ClH/c1-20(2)15(12-6-8-13(17)9-7-12)11-19-16(21)14-5-3-4-10-18-14;;/h6-9,14-15,18H,3-5,10-11H2,1-2H3,(H,19,21);2*1H. The Bertz CT molecular complexity index is 465. The number of carbonyl (C=O) groups excluding carboxylic acids is 1. The maximum atomic E-state index is 13.0. The first-order chi connectivity index (χ1) is 10.1. The van der Waals surface area contributed by atoms with Gasteiger partial charge in [-0.3, -0.25) is 4.79 Å². The van der Waals surface area contributed by atoms with Crippen LogP contribution in [-0.4, -0.2) is 44.0 Å². The van der Waals surface area contributed by atoms with Crippen molar-refractivity contribution < 1.29 is 9.18 Å². The number of nitrogens with one attached hydrogen (secondary N) is 2. The lowest BCUT2D eigenvalue weighted by Crippen LogP contribution is -2.48. The largest absolute Gasteiger partial charge is 0.353 e. The minimum Gasteiger partial charge on any atom is -0.353 e. The van der Waals surface area contributed by atoms with Crippen molar-refractivity contribution >= 4 is 30.7 Å². The van der Waals surface area contributed by atoms with Gasteiger partial charge in [0.05, 0.1) is 12.1 Å². The average molecular weight is 366 g/mol. The van der Waals surface area contributed by atoms with Crippen molar-refractivity contribution in [3.05, 3.63) is 35.6 Å². The molecule has 7 heteroatoms. The van der Waals surface area contributed by atoms with Gasteiger partial charge in [-0.1, -0.05) is 18.6 Å². The van der Waals surface area contributed by atoms with Gasteiger partial charge in [0.1, 0.15) is 5.82 Å². The molecule has 1 saturated heterocycles. The zero-order chi connectivity index (χ0) is 15.2. The summed E-state index contributed by atoms with van der Waals surface area (Å²) in [6, 6.07) is 6.41. The average Bonchev–Trinajstić information content (AvgIpc) is 2.49. The molecule has 2 rings (SSSR count). The van der Waals surface area contributed by atoms with Gasteiger partial charge >= 0.3 is 0 Å². The second kappa shape index (κ2) is 10.8. The molecule has 0 saturated carbocycles. The number of benzene rings is 1. The smallest absolute Gasteiger partial charge is 0.237 e. The minimum absolute atomic E-state index is 0. The van der Waals surface area contributed by atoms with Crippen LogP contribution in [0.4, 0.5) is 4.39 Å². The lowest BCUT2D eigenvalue weighted by atomic mass is 10.0. The van der Waals surface area contributed by atoms with Crippen LogP contribution in [0.1, 0.15) is 30.9 Å². The molecule has 4 nitrogen and oxygen atoms in total. The van der Waals surface area contributed by atoms with Gasteiger partial charge in [-0.15, -0.1) is 24.8 Å². The lowest BCUT2D eigenvalue weighted by molar-refractivity contribution is -0.123. The van der Waals surface area contributed by atoms with Crippen molar-refractivity contribution in [3.8, 4) is 0 Å². The fraction of sp³-hybridized carbons (Fsp3) is 0.562. The van der Waals surface area contributed by atoms with Gasteiger partial charge in [0, 0.05) is 6.54 Å². The summed E-state index contributed by atoms with van der Waals surface area (Å²) in [4.78, 5) is 14.2. The Morgan fingerprint density at radius 3 is 2.48 bits per heavy atom. The first-order valence-electron chi connectivity index (χ1n) is 7.51. The van der Waals surface area contributed by atoms with Gasteiger partial charge in [-0.25, -0.2) is 4.39 Å². The van der Waals surface area contributed by atoms with Crippen LogP contribution in [-0.2, 0) is 4.79 Å². The van der Waals surface area contributed by atoms with Crippen molar-refractivity contribution in [3.63, 3.8) is 0 Å². The zero-order valence-electron chi connectivity index (χ0n) is 13.5. The van der Waals surface area contributed by atoms with E-state index in [-0.39, 0.29) is 48.6 Å². The molecule has 1 heterocycles. The highest BCUT2D eigenvalue weighted by Crippen LogP contribution is 2.18. The van der Waals surface area contributed by atoms with E-state index in [0.29, 0.717) is 6.54 Å². The molecule has 1 fully saturated rings. The third-order valence-corrected chi connectivity index (χ3v) is 3.97. The molecule has 0 aliphatic carbocycles. The SMILES string of the molecule is CN(C)C(CNC(=O)C1CCCCN1)c1ccc(F)cc1.Cl.Cl. The van der Waals surface area contributed by atoms with Crippen LogP contribution in [0.15, 0.2) is 24.3 Å². The third-order valence-electron chi connectivity index (χ3n) is 3.97. The highest BCUT2D eigenvalue weighted by molar-refractivity contribution is 5.85. The second-order valence-corrected chi connectivity index (χ2v) is 5.78. The van der Waals surface area contributed by atoms with Crippen LogP contribution in [0.25, 0.3) is 0 Å². The molecule has 0 bridgehead atoms. The van der Waals surface area contributed by atoms with E-state index in [1.54, 1.807) is 12.1 Å². The van der Waals surface area contributed by atoms with Crippen LogP contribution in [0.2, 0.25) is 0 Å². The quantitative estimate of drug-likeness (QED) is 0.842. The van der Waals surface area contributed by atoms with Gasteiger partial charge in [-0.2, -0.15) is 0 Å². The molecule has 0 radical (unpaired) electrons. The van der Waals surface area contributed by atoms with Crippen LogP contribution in [0, 0.1) is 5.82 Å². The molecule has 2 N–H and O–H groups in total. The molecule has 2 atom stereocenters. The van der Waals surface area contributed by atoms with Gasteiger partial charge in [0.2, 0.25) is 5.91 Å². The fourth-order valence-corrected chi connectivity index (χ4v) is 2.68. The Hall–Kier alpha value is -0.880. The van der Waals surface area contributed by atoms with E-state index in [1.165, 1.54) is 12.1 Å². The predicted octanol–water partition coefficient (Wildman–Crippen LogP) is 2.53. The molecule has 0 aromatic heterocycles. The monoisotopic (exact) mass is 365 g/mol. The van der Waals surface area contributed by atoms with Gasteiger partial charge in [-0.05, 0) is 51.2 Å². The summed E-state index contributed by atoms with van der Waals surface area (Å²) in [5.41, 5.74) is 0.998. The Morgan fingerprint density at radius 2 is 1.96 bits per heavy atom. The molecule has 1 aromatic rings. The zero-order valence-corrected chi connectivity index (χ0v) is 15.2. The number of amides is 1. The van der Waals surface area contributed by atoms with Crippen molar-refractivity contribution in [2.24, 2.45) is 0 Å². The highest BCUT2D eigenvalue weighted by atomic mass is 35.5. The Kier molecular flexibility index (Phi) is 10.4. The summed E-state index contributed by atoms with van der Waals surface area (Å²) in [6.45, 7) is 1.43. The first kappa shape index (κ1) is 22.1. The van der Waals surface area contributed by atoms with E-state index in [2.05, 4.69) is 10.6 Å². The first-order valence-corrected chi connectivity index (χ1v) is 7.51. The minimum atomic E-state index is -0.244. The number of hydrogen-bond acceptors (Lipinski definition) is 3.